The number of carbonyl (C=O) groups excluding carboxylic acids is 2. The third-order valence-corrected chi connectivity index (χ3v) is 6.95. The fourth-order valence-corrected chi connectivity index (χ4v) is 4.96. The molecule has 0 spiro atoms. The van der Waals surface area contributed by atoms with Crippen LogP contribution in [-0.4, -0.2) is 34.4 Å². The predicted molar refractivity (Wildman–Crippen MR) is 120 cm³/mol. The van der Waals surface area contributed by atoms with E-state index in [0.29, 0.717) is 12.1 Å². The van der Waals surface area contributed by atoms with E-state index in [9.17, 15) is 9.59 Å². The highest BCUT2D eigenvalue weighted by atomic mass is 32.1. The van der Waals surface area contributed by atoms with Crippen LogP contribution in [-0.2, 0) is 6.54 Å². The van der Waals surface area contributed by atoms with Crippen molar-refractivity contribution in [3.8, 4) is 5.00 Å². The lowest BCUT2D eigenvalue weighted by molar-refractivity contribution is 0.0724. The number of hydrogen-bond acceptors (Lipinski definition) is 3. The third-order valence-electron chi connectivity index (χ3n) is 5.73. The second-order valence-corrected chi connectivity index (χ2v) is 8.99. The van der Waals surface area contributed by atoms with E-state index in [0.717, 1.165) is 52.5 Å². The Bertz CT molecular complexity index is 1030. The Morgan fingerprint density at radius 2 is 1.67 bits per heavy atom. The molecule has 4 rings (SSSR count). The van der Waals surface area contributed by atoms with Gasteiger partial charge in [0.1, 0.15) is 5.00 Å². The number of nitrogens with zero attached hydrogens (tertiary/aromatic N) is 2. The molecule has 1 aromatic carbocycles. The maximum absolute atomic E-state index is 13.0. The zero-order valence-corrected chi connectivity index (χ0v) is 18.3. The van der Waals surface area contributed by atoms with Crippen molar-refractivity contribution in [1.29, 1.82) is 0 Å². The first-order valence-electron chi connectivity index (χ1n) is 10.4. The smallest absolute Gasteiger partial charge is 0.254 e. The van der Waals surface area contributed by atoms with Gasteiger partial charge < -0.3 is 14.8 Å². The van der Waals surface area contributed by atoms with E-state index in [2.05, 4.69) is 5.32 Å². The average Bonchev–Trinajstić information content (AvgIpc) is 3.41. The van der Waals surface area contributed by atoms with Crippen molar-refractivity contribution < 1.29 is 9.59 Å². The standard InChI is InChI=1S/C24H27N3O2S/c1-17-18(2)30-24(27-14-6-7-15-27)21(17)22(28)25-16-19-8-10-20(11-9-19)23(29)26-12-4-3-5-13-26/h6-11,14-15H,3-5,12-13,16H2,1-2H3,(H,25,28). The Morgan fingerprint density at radius 3 is 2.33 bits per heavy atom. The van der Waals surface area contributed by atoms with Crippen LogP contribution in [0, 0.1) is 13.8 Å². The summed E-state index contributed by atoms with van der Waals surface area (Å²) in [5.74, 6) is 0.0278. The Labute approximate surface area is 181 Å². The summed E-state index contributed by atoms with van der Waals surface area (Å²) < 4.78 is 1.99. The van der Waals surface area contributed by atoms with Crippen molar-refractivity contribution in [2.75, 3.05) is 13.1 Å². The van der Waals surface area contributed by atoms with Crippen molar-refractivity contribution in [1.82, 2.24) is 14.8 Å². The van der Waals surface area contributed by atoms with Gasteiger partial charge in [0.15, 0.2) is 0 Å². The molecule has 30 heavy (non-hydrogen) atoms. The fourth-order valence-electron chi connectivity index (χ4n) is 3.84. The predicted octanol–water partition coefficient (Wildman–Crippen LogP) is 4.71. The van der Waals surface area contributed by atoms with E-state index in [4.69, 9.17) is 0 Å². The van der Waals surface area contributed by atoms with Crippen LogP contribution in [0.15, 0.2) is 48.8 Å². The van der Waals surface area contributed by atoms with Crippen LogP contribution in [0.2, 0.25) is 0 Å². The SMILES string of the molecule is Cc1sc(-n2cccc2)c(C(=O)NCc2ccc(C(=O)N3CCCCC3)cc2)c1C. The van der Waals surface area contributed by atoms with Crippen molar-refractivity contribution in [2.24, 2.45) is 0 Å². The molecule has 0 unspecified atom stereocenters. The van der Waals surface area contributed by atoms with Gasteiger partial charge in [0.05, 0.1) is 5.56 Å². The minimum absolute atomic E-state index is 0.0750. The normalized spacial score (nSPS) is 14.0. The highest BCUT2D eigenvalue weighted by Gasteiger charge is 2.21. The van der Waals surface area contributed by atoms with Crippen LogP contribution < -0.4 is 5.32 Å². The number of thiophene rings is 1. The number of aryl methyl sites for hydroxylation is 1. The van der Waals surface area contributed by atoms with E-state index in [-0.39, 0.29) is 11.8 Å². The maximum Gasteiger partial charge on any atom is 0.254 e. The van der Waals surface area contributed by atoms with Gasteiger partial charge >= 0.3 is 0 Å². The quantitative estimate of drug-likeness (QED) is 0.649. The van der Waals surface area contributed by atoms with E-state index < -0.39 is 0 Å². The van der Waals surface area contributed by atoms with Crippen LogP contribution in [0.3, 0.4) is 0 Å². The number of amides is 2. The van der Waals surface area contributed by atoms with Gasteiger partial charge in [-0.15, -0.1) is 11.3 Å². The van der Waals surface area contributed by atoms with Gasteiger partial charge in [0.25, 0.3) is 11.8 Å². The van der Waals surface area contributed by atoms with Crippen molar-refractivity contribution >= 4 is 23.2 Å². The van der Waals surface area contributed by atoms with Crippen LogP contribution in [0.25, 0.3) is 5.00 Å². The van der Waals surface area contributed by atoms with Crippen LogP contribution in [0.1, 0.15) is 56.0 Å². The summed E-state index contributed by atoms with van der Waals surface area (Å²) in [5, 5.41) is 3.98. The minimum atomic E-state index is -0.0750. The van der Waals surface area contributed by atoms with E-state index in [1.54, 1.807) is 11.3 Å². The number of nitrogens with one attached hydrogen (secondary N) is 1. The van der Waals surface area contributed by atoms with Crippen molar-refractivity contribution in [3.63, 3.8) is 0 Å². The summed E-state index contributed by atoms with van der Waals surface area (Å²) in [7, 11) is 0. The number of hydrogen-bond donors (Lipinski definition) is 1. The molecule has 1 aliphatic rings. The zero-order valence-electron chi connectivity index (χ0n) is 17.5. The first-order chi connectivity index (χ1) is 14.5. The lowest BCUT2D eigenvalue weighted by Gasteiger charge is -2.26. The Kier molecular flexibility index (Phi) is 6.04. The molecule has 1 fully saturated rings. The molecule has 0 radical (unpaired) electrons. The molecule has 0 bridgehead atoms. The summed E-state index contributed by atoms with van der Waals surface area (Å²) in [6.07, 6.45) is 7.29. The van der Waals surface area contributed by atoms with Gasteiger partial charge in [-0.05, 0) is 68.5 Å². The molecule has 2 amide bonds. The molecule has 2 aromatic heterocycles. The Morgan fingerprint density at radius 1 is 1.00 bits per heavy atom. The lowest BCUT2D eigenvalue weighted by Crippen LogP contribution is -2.35. The second kappa shape index (κ2) is 8.88. The summed E-state index contributed by atoms with van der Waals surface area (Å²) in [4.78, 5) is 28.7. The van der Waals surface area contributed by atoms with Crippen molar-refractivity contribution in [2.45, 2.75) is 39.7 Å². The molecule has 0 atom stereocenters. The molecular formula is C24H27N3O2S. The van der Waals surface area contributed by atoms with Crippen LogP contribution in [0.5, 0.6) is 0 Å². The zero-order chi connectivity index (χ0) is 21.1. The number of likely N-dealkylation sites (tertiary alicyclic amines) is 1. The Balaban J connectivity index is 1.43. The summed E-state index contributed by atoms with van der Waals surface area (Å²) >= 11 is 1.63. The van der Waals surface area contributed by atoms with Crippen LogP contribution >= 0.6 is 11.3 Å². The summed E-state index contributed by atoms with van der Waals surface area (Å²) in [5.41, 5.74) is 3.44. The number of benzene rings is 1. The van der Waals surface area contributed by atoms with Gasteiger partial charge in [-0.25, -0.2) is 0 Å². The summed E-state index contributed by atoms with van der Waals surface area (Å²) in [6.45, 7) is 6.16. The topological polar surface area (TPSA) is 54.3 Å². The first-order valence-corrected chi connectivity index (χ1v) is 11.3. The molecule has 0 saturated carbocycles. The molecule has 1 saturated heterocycles. The maximum atomic E-state index is 13.0. The van der Waals surface area contributed by atoms with E-state index in [1.165, 1.54) is 6.42 Å². The first kappa shape index (κ1) is 20.4. The van der Waals surface area contributed by atoms with Gasteiger partial charge in [0.2, 0.25) is 0 Å². The monoisotopic (exact) mass is 421 g/mol. The molecule has 6 heteroatoms. The minimum Gasteiger partial charge on any atom is -0.348 e. The Hall–Kier alpha value is -2.86. The fraction of sp³-hybridized carbons (Fsp3) is 0.333. The average molecular weight is 422 g/mol. The van der Waals surface area contributed by atoms with E-state index in [1.807, 2.05) is 72.1 Å². The number of carbonyl (C=O) groups is 2. The molecule has 156 valence electrons. The molecule has 3 aromatic rings. The highest BCUT2D eigenvalue weighted by molar-refractivity contribution is 7.15. The van der Waals surface area contributed by atoms with Gasteiger partial charge in [-0.2, -0.15) is 0 Å². The van der Waals surface area contributed by atoms with Gasteiger partial charge in [0, 0.05) is 42.5 Å². The number of piperidine rings is 1. The molecular weight excluding hydrogens is 394 g/mol. The molecule has 1 aliphatic heterocycles. The van der Waals surface area contributed by atoms with Gasteiger partial charge in [-0.1, -0.05) is 12.1 Å². The van der Waals surface area contributed by atoms with Crippen molar-refractivity contribution in [3.05, 3.63) is 75.9 Å². The number of rotatable bonds is 5. The second-order valence-electron chi connectivity index (χ2n) is 7.79. The molecule has 0 aliphatic carbocycles. The van der Waals surface area contributed by atoms with Gasteiger partial charge in [-0.3, -0.25) is 9.59 Å². The summed E-state index contributed by atoms with van der Waals surface area (Å²) in [6, 6.07) is 11.5. The largest absolute Gasteiger partial charge is 0.348 e. The molecule has 1 N–H and O–H groups in total. The molecule has 5 nitrogen and oxygen atoms in total. The van der Waals surface area contributed by atoms with Crippen LogP contribution in [0.4, 0.5) is 0 Å². The lowest BCUT2D eigenvalue weighted by atomic mass is 10.1. The third kappa shape index (κ3) is 4.19. The van der Waals surface area contributed by atoms with E-state index >= 15 is 0 Å². The number of aromatic nitrogens is 1. The highest BCUT2D eigenvalue weighted by Crippen LogP contribution is 2.31. The molecule has 3 heterocycles.